The molecule has 129 valence electrons. The van der Waals surface area contributed by atoms with Crippen LogP contribution in [0.2, 0.25) is 0 Å². The van der Waals surface area contributed by atoms with Gasteiger partial charge in [0, 0.05) is 5.75 Å². The van der Waals surface area contributed by atoms with E-state index in [0.717, 1.165) is 34.0 Å². The number of thiazole rings is 1. The molecular formula is C21H22NOS2. The third-order valence-electron chi connectivity index (χ3n) is 5.02. The molecule has 1 aliphatic carbocycles. The molecule has 1 aromatic heterocycles. The molecule has 0 spiro atoms. The highest BCUT2D eigenvalue weighted by molar-refractivity contribution is 8.00. The lowest BCUT2D eigenvalue weighted by molar-refractivity contribution is 0.0198. The van der Waals surface area contributed by atoms with E-state index in [1.165, 1.54) is 29.5 Å². The fourth-order valence-electron chi connectivity index (χ4n) is 3.57. The number of hydrogen-bond donors (Lipinski definition) is 0. The Hall–Kier alpha value is -1.36. The fourth-order valence-corrected chi connectivity index (χ4v) is 5.59. The number of nitrogens with zero attached hydrogens (tertiary/aromatic N) is 1. The first-order chi connectivity index (χ1) is 12.3. The van der Waals surface area contributed by atoms with Crippen molar-refractivity contribution >= 4 is 33.3 Å². The van der Waals surface area contributed by atoms with E-state index in [1.54, 1.807) is 23.1 Å². The summed E-state index contributed by atoms with van der Waals surface area (Å²) in [6, 6.07) is 16.6. The summed E-state index contributed by atoms with van der Waals surface area (Å²) < 4.78 is 2.34. The van der Waals surface area contributed by atoms with E-state index >= 15 is 0 Å². The van der Waals surface area contributed by atoms with Crippen molar-refractivity contribution in [3.05, 3.63) is 59.7 Å². The normalized spacial score (nSPS) is 17.0. The van der Waals surface area contributed by atoms with Gasteiger partial charge in [0.25, 0.3) is 0 Å². The van der Waals surface area contributed by atoms with Gasteiger partial charge in [0.05, 0.1) is 10.2 Å². The molecule has 1 unspecified atom stereocenters. The predicted octanol–water partition coefficient (Wildman–Crippen LogP) is 6.64. The molecule has 0 saturated heterocycles. The van der Waals surface area contributed by atoms with Crippen LogP contribution in [0.5, 0.6) is 0 Å². The summed E-state index contributed by atoms with van der Waals surface area (Å²) in [6.45, 7) is 0. The highest BCUT2D eigenvalue weighted by Gasteiger charge is 2.24. The molecule has 1 saturated carbocycles. The van der Waals surface area contributed by atoms with Crippen LogP contribution in [-0.2, 0) is 10.9 Å². The lowest BCUT2D eigenvalue weighted by atomic mass is 9.83. The van der Waals surface area contributed by atoms with E-state index in [1.807, 2.05) is 18.2 Å². The van der Waals surface area contributed by atoms with Gasteiger partial charge in [-0.1, -0.05) is 67.4 Å². The molecule has 25 heavy (non-hydrogen) atoms. The van der Waals surface area contributed by atoms with Gasteiger partial charge in [0.2, 0.25) is 0 Å². The average Bonchev–Trinajstić information content (AvgIpc) is 3.10. The molecule has 1 radical (unpaired) electrons. The molecule has 1 fully saturated rings. The second-order valence-corrected chi connectivity index (χ2v) is 9.05. The van der Waals surface area contributed by atoms with Crippen LogP contribution in [0.15, 0.2) is 52.9 Å². The van der Waals surface area contributed by atoms with Crippen LogP contribution >= 0.6 is 23.1 Å². The van der Waals surface area contributed by atoms with E-state index in [2.05, 4.69) is 35.3 Å². The van der Waals surface area contributed by atoms with E-state index in [-0.39, 0.29) is 0 Å². The molecule has 4 rings (SSSR count). The van der Waals surface area contributed by atoms with Gasteiger partial charge in [-0.15, -0.1) is 11.3 Å². The average molecular weight is 369 g/mol. The first-order valence-corrected chi connectivity index (χ1v) is 10.8. The summed E-state index contributed by atoms with van der Waals surface area (Å²) >= 11 is 3.52. The monoisotopic (exact) mass is 368 g/mol. The molecule has 1 heterocycles. The van der Waals surface area contributed by atoms with Crippen molar-refractivity contribution in [3.63, 3.8) is 0 Å². The van der Waals surface area contributed by atoms with Gasteiger partial charge >= 0.3 is 0 Å². The van der Waals surface area contributed by atoms with Crippen LogP contribution in [0.1, 0.15) is 49.3 Å². The molecular weight excluding hydrogens is 346 g/mol. The standard InChI is InChI=1S/C21H22NOS2/c23-20(16-6-2-1-3-7-16)17-12-10-15(11-13-17)14-24-21-22-18-8-4-5-9-19(18)25-21/h4-5,8-13,16,20H,1-3,6-7,14H2. The SMILES string of the molecule is [O]C(c1ccc(CSc2nc3ccccc3s2)cc1)C1CCCCC1. The quantitative estimate of drug-likeness (QED) is 0.473. The smallest absolute Gasteiger partial charge is 0.151 e. The molecule has 0 amide bonds. The van der Waals surface area contributed by atoms with Gasteiger partial charge in [0.1, 0.15) is 6.10 Å². The minimum absolute atomic E-state index is 0.330. The zero-order valence-corrected chi connectivity index (χ0v) is 15.8. The predicted molar refractivity (Wildman–Crippen MR) is 106 cm³/mol. The van der Waals surface area contributed by atoms with Crippen LogP contribution < -0.4 is 0 Å². The van der Waals surface area contributed by atoms with Gasteiger partial charge in [-0.3, -0.25) is 0 Å². The molecule has 2 nitrogen and oxygen atoms in total. The second-order valence-electron chi connectivity index (χ2n) is 6.80. The summed E-state index contributed by atoms with van der Waals surface area (Å²) in [5, 5.41) is 12.7. The molecule has 1 atom stereocenters. The lowest BCUT2D eigenvalue weighted by Crippen LogP contribution is -2.14. The summed E-state index contributed by atoms with van der Waals surface area (Å²) in [5.41, 5.74) is 3.29. The van der Waals surface area contributed by atoms with Gasteiger partial charge in [0.15, 0.2) is 4.34 Å². The highest BCUT2D eigenvalue weighted by atomic mass is 32.2. The molecule has 3 aromatic rings. The van der Waals surface area contributed by atoms with Crippen molar-refractivity contribution < 1.29 is 5.11 Å². The van der Waals surface area contributed by atoms with E-state index in [4.69, 9.17) is 0 Å². The Bertz CT molecular complexity index is 788. The summed E-state index contributed by atoms with van der Waals surface area (Å²) in [6.07, 6.45) is 5.39. The number of aromatic nitrogens is 1. The first-order valence-electron chi connectivity index (χ1n) is 9.02. The minimum atomic E-state index is -0.550. The van der Waals surface area contributed by atoms with Crippen LogP contribution in [0.3, 0.4) is 0 Å². The van der Waals surface area contributed by atoms with Crippen molar-refractivity contribution in [3.8, 4) is 0 Å². The zero-order valence-electron chi connectivity index (χ0n) is 14.2. The van der Waals surface area contributed by atoms with Gasteiger partial charge in [-0.2, -0.15) is 0 Å². The zero-order chi connectivity index (χ0) is 17.1. The van der Waals surface area contributed by atoms with E-state index in [0.29, 0.717) is 5.92 Å². The van der Waals surface area contributed by atoms with Crippen molar-refractivity contribution in [1.29, 1.82) is 0 Å². The van der Waals surface area contributed by atoms with Crippen molar-refractivity contribution in [2.75, 3.05) is 0 Å². The van der Waals surface area contributed by atoms with Crippen LogP contribution in [0.25, 0.3) is 10.2 Å². The van der Waals surface area contributed by atoms with E-state index < -0.39 is 6.10 Å². The number of fused-ring (bicyclic) bond motifs is 1. The second kappa shape index (κ2) is 7.90. The Balaban J connectivity index is 1.38. The number of thioether (sulfide) groups is 1. The summed E-state index contributed by atoms with van der Waals surface area (Å²) in [5.74, 6) is 1.23. The maximum atomic E-state index is 12.7. The molecule has 0 aliphatic heterocycles. The maximum Gasteiger partial charge on any atom is 0.151 e. The van der Waals surface area contributed by atoms with Crippen LogP contribution in [-0.4, -0.2) is 4.98 Å². The van der Waals surface area contributed by atoms with Gasteiger partial charge in [-0.05, 0) is 42.0 Å². The molecule has 1 aliphatic rings. The van der Waals surface area contributed by atoms with Crippen LogP contribution in [0, 0.1) is 5.92 Å². The Morgan fingerprint density at radius 3 is 2.56 bits per heavy atom. The number of para-hydroxylation sites is 1. The van der Waals surface area contributed by atoms with Crippen molar-refractivity contribution in [2.45, 2.75) is 48.3 Å². The Kier molecular flexibility index (Phi) is 5.39. The Morgan fingerprint density at radius 1 is 1.04 bits per heavy atom. The first kappa shape index (κ1) is 17.1. The number of benzene rings is 2. The fraction of sp³-hybridized carbons (Fsp3) is 0.381. The Morgan fingerprint density at radius 2 is 1.80 bits per heavy atom. The lowest BCUT2D eigenvalue weighted by Gasteiger charge is -2.25. The van der Waals surface area contributed by atoms with Crippen molar-refractivity contribution in [2.24, 2.45) is 5.92 Å². The Labute approximate surface area is 157 Å². The molecule has 0 N–H and O–H groups in total. The summed E-state index contributed by atoms with van der Waals surface area (Å²) in [4.78, 5) is 4.67. The highest BCUT2D eigenvalue weighted by Crippen LogP contribution is 2.35. The minimum Gasteiger partial charge on any atom is -0.230 e. The van der Waals surface area contributed by atoms with Crippen LogP contribution in [0.4, 0.5) is 0 Å². The van der Waals surface area contributed by atoms with Gasteiger partial charge in [-0.25, -0.2) is 10.1 Å². The number of rotatable bonds is 5. The topological polar surface area (TPSA) is 32.8 Å². The maximum absolute atomic E-state index is 12.7. The van der Waals surface area contributed by atoms with Gasteiger partial charge < -0.3 is 0 Å². The third kappa shape index (κ3) is 4.08. The van der Waals surface area contributed by atoms with Crippen molar-refractivity contribution in [1.82, 2.24) is 4.98 Å². The summed E-state index contributed by atoms with van der Waals surface area (Å²) in [7, 11) is 0. The molecule has 4 heteroatoms. The van der Waals surface area contributed by atoms with E-state index in [9.17, 15) is 5.11 Å². The molecule has 0 bridgehead atoms. The largest absolute Gasteiger partial charge is 0.230 e. The number of hydrogen-bond acceptors (Lipinski definition) is 3. The third-order valence-corrected chi connectivity index (χ3v) is 7.27. The molecule has 2 aromatic carbocycles.